The van der Waals surface area contributed by atoms with Gasteiger partial charge >= 0.3 is 0 Å². The van der Waals surface area contributed by atoms with Crippen LogP contribution in [0.3, 0.4) is 0 Å². The van der Waals surface area contributed by atoms with Gasteiger partial charge in [-0.05, 0) is 25.0 Å². The minimum atomic E-state index is -0.637. The van der Waals surface area contributed by atoms with Crippen LogP contribution >= 0.6 is 0 Å². The number of hydrogen-bond donors (Lipinski definition) is 2. The first kappa shape index (κ1) is 14.3. The Balaban J connectivity index is 2.02. The third-order valence-electron chi connectivity index (χ3n) is 3.38. The van der Waals surface area contributed by atoms with E-state index >= 15 is 0 Å². The van der Waals surface area contributed by atoms with Gasteiger partial charge in [0.15, 0.2) is 0 Å². The standard InChI is InChI=1S/C17H20N2O/c1-12-8-10-15(11-9-12)16(18)17(20)19-13(2)14-6-4-3-5-7-14/h3-11,13,16H,18H2,1-2H3,(H,19,20)/t13-,16?/m0/s1. The molecular weight excluding hydrogens is 248 g/mol. The van der Waals surface area contributed by atoms with E-state index in [4.69, 9.17) is 5.73 Å². The lowest BCUT2D eigenvalue weighted by Gasteiger charge is -2.18. The Labute approximate surface area is 119 Å². The van der Waals surface area contributed by atoms with Crippen LogP contribution in [0.5, 0.6) is 0 Å². The summed E-state index contributed by atoms with van der Waals surface area (Å²) < 4.78 is 0. The topological polar surface area (TPSA) is 55.1 Å². The van der Waals surface area contributed by atoms with E-state index in [2.05, 4.69) is 5.32 Å². The third-order valence-corrected chi connectivity index (χ3v) is 3.38. The maximum Gasteiger partial charge on any atom is 0.241 e. The molecule has 0 fully saturated rings. The second-order valence-corrected chi connectivity index (χ2v) is 5.03. The van der Waals surface area contributed by atoms with E-state index in [-0.39, 0.29) is 11.9 Å². The smallest absolute Gasteiger partial charge is 0.241 e. The molecule has 0 bridgehead atoms. The summed E-state index contributed by atoms with van der Waals surface area (Å²) in [6.07, 6.45) is 0. The molecule has 3 N–H and O–H groups in total. The molecule has 104 valence electrons. The summed E-state index contributed by atoms with van der Waals surface area (Å²) in [5, 5.41) is 2.95. The SMILES string of the molecule is Cc1ccc(C(N)C(=O)N[C@@H](C)c2ccccc2)cc1. The van der Waals surface area contributed by atoms with Crippen LogP contribution < -0.4 is 11.1 Å². The second-order valence-electron chi connectivity index (χ2n) is 5.03. The van der Waals surface area contributed by atoms with Crippen LogP contribution in [-0.2, 0) is 4.79 Å². The van der Waals surface area contributed by atoms with Crippen molar-refractivity contribution in [2.45, 2.75) is 25.9 Å². The molecule has 1 amide bonds. The summed E-state index contributed by atoms with van der Waals surface area (Å²) in [5.41, 5.74) is 9.05. The van der Waals surface area contributed by atoms with Gasteiger partial charge in [0.25, 0.3) is 0 Å². The fourth-order valence-corrected chi connectivity index (χ4v) is 2.05. The average Bonchev–Trinajstić information content (AvgIpc) is 2.48. The van der Waals surface area contributed by atoms with Crippen molar-refractivity contribution in [2.75, 3.05) is 0 Å². The summed E-state index contributed by atoms with van der Waals surface area (Å²) >= 11 is 0. The number of carbonyl (C=O) groups is 1. The van der Waals surface area contributed by atoms with Gasteiger partial charge < -0.3 is 11.1 Å². The van der Waals surface area contributed by atoms with Crippen molar-refractivity contribution < 1.29 is 4.79 Å². The predicted octanol–water partition coefficient (Wildman–Crippen LogP) is 2.87. The van der Waals surface area contributed by atoms with Crippen LogP contribution in [0.15, 0.2) is 54.6 Å². The van der Waals surface area contributed by atoms with Gasteiger partial charge in [0, 0.05) is 0 Å². The molecule has 1 unspecified atom stereocenters. The minimum absolute atomic E-state index is 0.0554. The number of nitrogens with two attached hydrogens (primary N) is 1. The maximum atomic E-state index is 12.2. The lowest BCUT2D eigenvalue weighted by molar-refractivity contribution is -0.123. The Kier molecular flexibility index (Phi) is 4.53. The number of hydrogen-bond acceptors (Lipinski definition) is 2. The van der Waals surface area contributed by atoms with Crippen molar-refractivity contribution in [3.05, 3.63) is 71.3 Å². The van der Waals surface area contributed by atoms with Crippen molar-refractivity contribution in [2.24, 2.45) is 5.73 Å². The predicted molar refractivity (Wildman–Crippen MR) is 81.1 cm³/mol. The molecule has 20 heavy (non-hydrogen) atoms. The number of benzene rings is 2. The van der Waals surface area contributed by atoms with Gasteiger partial charge in [0.2, 0.25) is 5.91 Å². The van der Waals surface area contributed by atoms with Gasteiger partial charge in [-0.2, -0.15) is 0 Å². The summed E-state index contributed by atoms with van der Waals surface area (Å²) in [6, 6.07) is 16.9. The highest BCUT2D eigenvalue weighted by molar-refractivity contribution is 5.83. The molecule has 0 spiro atoms. The molecule has 0 aliphatic carbocycles. The van der Waals surface area contributed by atoms with Gasteiger partial charge in [-0.1, -0.05) is 60.2 Å². The van der Waals surface area contributed by atoms with Crippen molar-refractivity contribution in [1.29, 1.82) is 0 Å². The summed E-state index contributed by atoms with van der Waals surface area (Å²) in [4.78, 5) is 12.2. The molecule has 2 rings (SSSR count). The largest absolute Gasteiger partial charge is 0.348 e. The highest BCUT2D eigenvalue weighted by atomic mass is 16.2. The molecule has 2 atom stereocenters. The first-order valence-corrected chi connectivity index (χ1v) is 6.75. The molecule has 0 aliphatic rings. The fraction of sp³-hybridized carbons (Fsp3) is 0.235. The van der Waals surface area contributed by atoms with E-state index in [0.717, 1.165) is 16.7 Å². The Bertz CT molecular complexity index is 563. The van der Waals surface area contributed by atoms with Gasteiger partial charge in [0.1, 0.15) is 6.04 Å². The van der Waals surface area contributed by atoms with E-state index in [9.17, 15) is 4.79 Å². The van der Waals surface area contributed by atoms with E-state index in [1.54, 1.807) is 0 Å². The summed E-state index contributed by atoms with van der Waals surface area (Å²) in [7, 11) is 0. The average molecular weight is 268 g/mol. The Morgan fingerprint density at radius 3 is 2.20 bits per heavy atom. The first-order chi connectivity index (χ1) is 9.58. The van der Waals surface area contributed by atoms with Gasteiger partial charge in [-0.3, -0.25) is 4.79 Å². The zero-order valence-corrected chi connectivity index (χ0v) is 11.8. The fourth-order valence-electron chi connectivity index (χ4n) is 2.05. The van der Waals surface area contributed by atoms with Crippen LogP contribution in [0.2, 0.25) is 0 Å². The highest BCUT2D eigenvalue weighted by Crippen LogP contribution is 2.15. The molecule has 3 heteroatoms. The monoisotopic (exact) mass is 268 g/mol. The van der Waals surface area contributed by atoms with E-state index in [1.807, 2.05) is 68.4 Å². The number of nitrogens with one attached hydrogen (secondary N) is 1. The molecule has 0 heterocycles. The molecule has 0 aromatic heterocycles. The molecule has 3 nitrogen and oxygen atoms in total. The van der Waals surface area contributed by atoms with Gasteiger partial charge in [-0.25, -0.2) is 0 Å². The zero-order valence-electron chi connectivity index (χ0n) is 11.8. The molecule has 0 aliphatic heterocycles. The molecule has 2 aromatic rings. The third kappa shape index (κ3) is 3.45. The van der Waals surface area contributed by atoms with Crippen LogP contribution in [0.4, 0.5) is 0 Å². The minimum Gasteiger partial charge on any atom is -0.348 e. The van der Waals surface area contributed by atoms with Gasteiger partial charge in [-0.15, -0.1) is 0 Å². The maximum absolute atomic E-state index is 12.2. The van der Waals surface area contributed by atoms with Crippen LogP contribution in [0.25, 0.3) is 0 Å². The number of carbonyl (C=O) groups excluding carboxylic acids is 1. The summed E-state index contributed by atoms with van der Waals surface area (Å²) in [5.74, 6) is -0.162. The number of rotatable bonds is 4. The number of amides is 1. The first-order valence-electron chi connectivity index (χ1n) is 6.75. The van der Waals surface area contributed by atoms with Crippen molar-refractivity contribution in [3.8, 4) is 0 Å². The molecule has 0 radical (unpaired) electrons. The molecule has 2 aromatic carbocycles. The molecular formula is C17H20N2O. The van der Waals surface area contributed by atoms with Crippen molar-refractivity contribution >= 4 is 5.91 Å². The molecule has 0 saturated carbocycles. The van der Waals surface area contributed by atoms with Crippen molar-refractivity contribution in [1.82, 2.24) is 5.32 Å². The van der Waals surface area contributed by atoms with Crippen molar-refractivity contribution in [3.63, 3.8) is 0 Å². The van der Waals surface area contributed by atoms with E-state index in [0.29, 0.717) is 0 Å². The Hall–Kier alpha value is -2.13. The normalized spacial score (nSPS) is 13.6. The zero-order chi connectivity index (χ0) is 14.5. The quantitative estimate of drug-likeness (QED) is 0.896. The van der Waals surface area contributed by atoms with Crippen LogP contribution in [0.1, 0.15) is 35.7 Å². The summed E-state index contributed by atoms with van der Waals surface area (Å²) in [6.45, 7) is 3.96. The Morgan fingerprint density at radius 2 is 1.60 bits per heavy atom. The number of aryl methyl sites for hydroxylation is 1. The van der Waals surface area contributed by atoms with E-state index in [1.165, 1.54) is 0 Å². The van der Waals surface area contributed by atoms with Gasteiger partial charge in [0.05, 0.1) is 6.04 Å². The van der Waals surface area contributed by atoms with Crippen LogP contribution in [-0.4, -0.2) is 5.91 Å². The van der Waals surface area contributed by atoms with Crippen LogP contribution in [0, 0.1) is 6.92 Å². The Morgan fingerprint density at radius 1 is 1.00 bits per heavy atom. The van der Waals surface area contributed by atoms with E-state index < -0.39 is 6.04 Å². The highest BCUT2D eigenvalue weighted by Gasteiger charge is 2.18. The lowest BCUT2D eigenvalue weighted by Crippen LogP contribution is -2.35. The lowest BCUT2D eigenvalue weighted by atomic mass is 10.0. The molecule has 0 saturated heterocycles. The second kappa shape index (κ2) is 6.35.